The Morgan fingerprint density at radius 3 is 2.82 bits per heavy atom. The third-order valence-electron chi connectivity index (χ3n) is 4.33. The van der Waals surface area contributed by atoms with E-state index in [2.05, 4.69) is 39.0 Å². The van der Waals surface area contributed by atoms with Gasteiger partial charge in [0.05, 0.1) is 18.1 Å². The van der Waals surface area contributed by atoms with Gasteiger partial charge in [-0.3, -0.25) is 19.2 Å². The van der Waals surface area contributed by atoms with Gasteiger partial charge in [-0.1, -0.05) is 23.3 Å². The number of ether oxygens (including phenoxy) is 2. The first kappa shape index (κ1) is 24.9. The molecular formula is C19H22N3O10P. The third kappa shape index (κ3) is 6.63. The summed E-state index contributed by atoms with van der Waals surface area (Å²) in [5, 5.41) is 15.7. The van der Waals surface area contributed by atoms with Gasteiger partial charge in [0.1, 0.15) is 6.73 Å². The fraction of sp³-hybridized carbons (Fsp3) is 0.316. The fourth-order valence-corrected chi connectivity index (χ4v) is 3.29. The van der Waals surface area contributed by atoms with Crippen LogP contribution in [0.15, 0.2) is 42.0 Å². The second kappa shape index (κ2) is 12.5. The highest BCUT2D eigenvalue weighted by Crippen LogP contribution is 2.39. The molecule has 0 spiro atoms. The standard InChI is InChI=1S/C19H22N3O10P/c1-26-12-28-31-32-33(30-25)29-11-22-16-9-8-14(17(23)13-6-4-3-5-7-13)10-15(16)20-18(22)21-19(24)27-2/h4,6-10,25H,3,5,11-12H2,1-2H3,(H,20,21,24). The van der Waals surface area contributed by atoms with Crippen LogP contribution in [0.4, 0.5) is 10.7 Å². The summed E-state index contributed by atoms with van der Waals surface area (Å²) in [5.74, 6) is -0.0809. The van der Waals surface area contributed by atoms with Crippen molar-refractivity contribution in [3.63, 3.8) is 0 Å². The summed E-state index contributed by atoms with van der Waals surface area (Å²) in [7, 11) is 0.162. The molecule has 2 aromatic rings. The smallest absolute Gasteiger partial charge is 0.413 e. The van der Waals surface area contributed by atoms with Crippen LogP contribution in [0.25, 0.3) is 11.0 Å². The first-order chi connectivity index (χ1) is 16.1. The van der Waals surface area contributed by atoms with E-state index in [1.807, 2.05) is 12.2 Å². The van der Waals surface area contributed by atoms with E-state index in [1.165, 1.54) is 18.8 Å². The average Bonchev–Trinajstić information content (AvgIpc) is 3.19. The van der Waals surface area contributed by atoms with Gasteiger partial charge < -0.3 is 9.47 Å². The van der Waals surface area contributed by atoms with E-state index in [1.54, 1.807) is 24.3 Å². The Morgan fingerprint density at radius 1 is 1.27 bits per heavy atom. The summed E-state index contributed by atoms with van der Waals surface area (Å²) in [4.78, 5) is 33.4. The van der Waals surface area contributed by atoms with Crippen molar-refractivity contribution in [1.29, 1.82) is 0 Å². The number of amides is 1. The molecule has 0 saturated carbocycles. The van der Waals surface area contributed by atoms with Crippen LogP contribution in [0.1, 0.15) is 23.2 Å². The van der Waals surface area contributed by atoms with E-state index >= 15 is 0 Å². The van der Waals surface area contributed by atoms with E-state index in [0.717, 1.165) is 12.8 Å². The van der Waals surface area contributed by atoms with Crippen LogP contribution in [0.5, 0.6) is 0 Å². The number of nitrogens with zero attached hydrogens (tertiary/aromatic N) is 2. The summed E-state index contributed by atoms with van der Waals surface area (Å²) < 4.78 is 24.7. The number of nitrogens with one attached hydrogen (secondary N) is 1. The number of carbonyl (C=O) groups excluding carboxylic acids is 2. The quantitative estimate of drug-likeness (QED) is 0.113. The van der Waals surface area contributed by atoms with Crippen LogP contribution >= 0.6 is 8.60 Å². The van der Waals surface area contributed by atoms with Crippen LogP contribution in [0, 0.1) is 0 Å². The SMILES string of the molecule is COCOOOP(OO)OCn1c(NC(=O)OC)nc2cc(C(=O)C3=CCCC=C3)ccc21. The first-order valence-corrected chi connectivity index (χ1v) is 10.6. The van der Waals surface area contributed by atoms with Gasteiger partial charge in [0.2, 0.25) is 5.95 Å². The van der Waals surface area contributed by atoms with E-state index < -0.39 is 14.7 Å². The maximum absolute atomic E-state index is 12.8. The van der Waals surface area contributed by atoms with Crippen LogP contribution < -0.4 is 5.32 Å². The van der Waals surface area contributed by atoms with Crippen LogP contribution in [0.2, 0.25) is 0 Å². The zero-order valence-corrected chi connectivity index (χ0v) is 18.7. The number of fused-ring (bicyclic) bond motifs is 1. The van der Waals surface area contributed by atoms with E-state index in [-0.39, 0.29) is 25.3 Å². The Balaban J connectivity index is 1.82. The predicted molar refractivity (Wildman–Crippen MR) is 113 cm³/mol. The zero-order chi connectivity index (χ0) is 23.6. The van der Waals surface area contributed by atoms with Gasteiger partial charge in [-0.05, 0) is 31.0 Å². The molecule has 1 aromatic carbocycles. The number of methoxy groups -OCH3 is 2. The number of ketones is 1. The number of hydrogen-bond donors (Lipinski definition) is 2. The van der Waals surface area contributed by atoms with Crippen molar-refractivity contribution in [2.45, 2.75) is 19.6 Å². The summed E-state index contributed by atoms with van der Waals surface area (Å²) in [6.45, 7) is -0.529. The van der Waals surface area contributed by atoms with Crippen molar-refractivity contribution < 1.29 is 48.1 Å². The lowest BCUT2D eigenvalue weighted by atomic mass is 9.98. The molecule has 33 heavy (non-hydrogen) atoms. The van der Waals surface area contributed by atoms with Crippen molar-refractivity contribution in [2.75, 3.05) is 26.3 Å². The molecule has 1 aliphatic carbocycles. The van der Waals surface area contributed by atoms with Gasteiger partial charge in [-0.15, -0.1) is 4.67 Å². The molecule has 3 rings (SSSR count). The number of anilines is 1. The number of imidazole rings is 1. The second-order valence-corrected chi connectivity index (χ2v) is 7.40. The topological polar surface area (TPSA) is 149 Å². The minimum Gasteiger partial charge on any atom is -0.453 e. The molecular weight excluding hydrogens is 461 g/mol. The first-order valence-electron chi connectivity index (χ1n) is 9.53. The van der Waals surface area contributed by atoms with Gasteiger partial charge >= 0.3 is 14.7 Å². The molecule has 13 nitrogen and oxygen atoms in total. The largest absolute Gasteiger partial charge is 0.453 e. The Morgan fingerprint density at radius 2 is 2.12 bits per heavy atom. The van der Waals surface area contributed by atoms with Crippen molar-refractivity contribution in [3.8, 4) is 0 Å². The van der Waals surface area contributed by atoms with Crippen LogP contribution in [0.3, 0.4) is 0 Å². The molecule has 0 bridgehead atoms. The van der Waals surface area contributed by atoms with E-state index in [4.69, 9.17) is 9.78 Å². The molecule has 14 heteroatoms. The minimum atomic E-state index is -2.41. The lowest BCUT2D eigenvalue weighted by molar-refractivity contribution is -0.490. The summed E-state index contributed by atoms with van der Waals surface area (Å²) >= 11 is 0. The number of hydrogen-bond acceptors (Lipinski definition) is 11. The number of carbonyl (C=O) groups is 2. The van der Waals surface area contributed by atoms with E-state index in [0.29, 0.717) is 22.2 Å². The Hall–Kier alpha value is -2.74. The van der Waals surface area contributed by atoms with Crippen molar-refractivity contribution in [2.24, 2.45) is 0 Å². The predicted octanol–water partition coefficient (Wildman–Crippen LogP) is 3.85. The van der Waals surface area contributed by atoms with E-state index in [9.17, 15) is 9.59 Å². The lowest BCUT2D eigenvalue weighted by Gasteiger charge is -2.13. The highest BCUT2D eigenvalue weighted by molar-refractivity contribution is 7.41. The maximum atomic E-state index is 12.8. The maximum Gasteiger partial charge on any atom is 0.413 e. The molecule has 1 heterocycles. The van der Waals surface area contributed by atoms with Crippen molar-refractivity contribution >= 4 is 37.5 Å². The Kier molecular flexibility index (Phi) is 9.42. The van der Waals surface area contributed by atoms with Gasteiger partial charge in [0.25, 0.3) is 0 Å². The summed E-state index contributed by atoms with van der Waals surface area (Å²) in [6.07, 6.45) is 6.56. The van der Waals surface area contributed by atoms with Gasteiger partial charge in [-0.25, -0.2) is 15.0 Å². The highest BCUT2D eigenvalue weighted by Gasteiger charge is 2.21. The molecule has 1 aliphatic rings. The van der Waals surface area contributed by atoms with Crippen molar-refractivity contribution in [1.82, 2.24) is 9.55 Å². The number of aromatic nitrogens is 2. The van der Waals surface area contributed by atoms with Crippen LogP contribution in [-0.2, 0) is 40.0 Å². The number of allylic oxidation sites excluding steroid dienone is 4. The molecule has 1 unspecified atom stereocenters. The Labute approximate surface area is 189 Å². The number of benzene rings is 1. The summed E-state index contributed by atoms with van der Waals surface area (Å²) in [6, 6.07) is 4.89. The molecule has 0 aliphatic heterocycles. The minimum absolute atomic E-state index is 0.0580. The monoisotopic (exact) mass is 483 g/mol. The number of Topliss-reactive ketones (excluding diaryl/α,β-unsaturated/α-hetero) is 1. The molecule has 1 aromatic heterocycles. The number of rotatable bonds is 12. The summed E-state index contributed by atoms with van der Waals surface area (Å²) in [5.41, 5.74) is 1.96. The fourth-order valence-electron chi connectivity index (χ4n) is 2.87. The molecule has 1 atom stereocenters. The molecule has 1 amide bonds. The average molecular weight is 483 g/mol. The molecule has 178 valence electrons. The van der Waals surface area contributed by atoms with Gasteiger partial charge in [-0.2, -0.15) is 9.56 Å². The highest BCUT2D eigenvalue weighted by atomic mass is 31.2. The second-order valence-electron chi connectivity index (χ2n) is 6.38. The van der Waals surface area contributed by atoms with Gasteiger partial charge in [0.15, 0.2) is 12.6 Å². The lowest BCUT2D eigenvalue weighted by Crippen LogP contribution is -2.16. The van der Waals surface area contributed by atoms with Crippen LogP contribution in [-0.4, -0.2) is 47.7 Å². The third-order valence-corrected chi connectivity index (χ3v) is 4.97. The molecule has 0 saturated heterocycles. The van der Waals surface area contributed by atoms with Gasteiger partial charge in [0, 0.05) is 18.2 Å². The normalized spacial score (nSPS) is 14.2. The Bertz CT molecular complexity index is 1040. The zero-order valence-electron chi connectivity index (χ0n) is 17.8. The molecule has 0 radical (unpaired) electrons. The van der Waals surface area contributed by atoms with Crippen molar-refractivity contribution in [3.05, 3.63) is 47.6 Å². The molecule has 2 N–H and O–H groups in total. The molecule has 0 fully saturated rings.